The van der Waals surface area contributed by atoms with Crippen LogP contribution in [-0.2, 0) is 4.74 Å². The maximum Gasteiger partial charge on any atom is 0.117 e. The third-order valence-corrected chi connectivity index (χ3v) is 2.50. The van der Waals surface area contributed by atoms with E-state index in [0.29, 0.717) is 5.75 Å². The maximum atomic E-state index is 9.42. The van der Waals surface area contributed by atoms with E-state index in [2.05, 4.69) is 11.8 Å². The molecule has 0 radical (unpaired) electrons. The van der Waals surface area contributed by atoms with Crippen molar-refractivity contribution in [2.75, 3.05) is 31.2 Å². The van der Waals surface area contributed by atoms with Crippen molar-refractivity contribution in [1.29, 1.82) is 0 Å². The summed E-state index contributed by atoms with van der Waals surface area (Å²) in [6.07, 6.45) is 1.01. The van der Waals surface area contributed by atoms with Crippen LogP contribution < -0.4 is 4.90 Å². The second-order valence-electron chi connectivity index (χ2n) is 3.65. The van der Waals surface area contributed by atoms with E-state index in [0.717, 1.165) is 38.4 Å². The van der Waals surface area contributed by atoms with Crippen LogP contribution in [0, 0.1) is 0 Å². The lowest BCUT2D eigenvalue weighted by Crippen LogP contribution is -2.24. The molecule has 0 amide bonds. The second kappa shape index (κ2) is 7.12. The third-order valence-electron chi connectivity index (χ3n) is 2.50. The van der Waals surface area contributed by atoms with E-state index in [4.69, 9.17) is 4.74 Å². The van der Waals surface area contributed by atoms with Gasteiger partial charge in [0.15, 0.2) is 0 Å². The maximum absolute atomic E-state index is 9.42. The second-order valence-corrected chi connectivity index (χ2v) is 3.65. The Morgan fingerprint density at radius 3 is 2.75 bits per heavy atom. The Kier molecular flexibility index (Phi) is 5.72. The van der Waals surface area contributed by atoms with Crippen molar-refractivity contribution >= 4 is 5.69 Å². The quantitative estimate of drug-likeness (QED) is 0.721. The molecular weight excluding hydrogens is 202 g/mol. The Bertz CT molecular complexity index is 302. The summed E-state index contributed by atoms with van der Waals surface area (Å²) in [4.78, 5) is 2.23. The Morgan fingerprint density at radius 1 is 1.31 bits per heavy atom. The number of hydrogen-bond donors (Lipinski definition) is 1. The minimum atomic E-state index is 0.320. The molecule has 16 heavy (non-hydrogen) atoms. The van der Waals surface area contributed by atoms with Crippen LogP contribution in [0.25, 0.3) is 0 Å². The van der Waals surface area contributed by atoms with Crippen LogP contribution in [0.4, 0.5) is 5.69 Å². The zero-order valence-corrected chi connectivity index (χ0v) is 10.1. The zero-order valence-electron chi connectivity index (χ0n) is 10.1. The summed E-state index contributed by atoms with van der Waals surface area (Å²) in [5, 5.41) is 9.42. The summed E-state index contributed by atoms with van der Waals surface area (Å²) < 4.78 is 5.31. The normalized spacial score (nSPS) is 10.4. The Labute approximate surface area is 97.7 Å². The molecule has 0 unspecified atom stereocenters. The highest BCUT2D eigenvalue weighted by atomic mass is 16.5. The van der Waals surface area contributed by atoms with E-state index in [1.807, 2.05) is 19.1 Å². The van der Waals surface area contributed by atoms with E-state index in [1.165, 1.54) is 0 Å². The molecular formula is C13H21NO2. The van der Waals surface area contributed by atoms with Crippen molar-refractivity contribution in [3.63, 3.8) is 0 Å². The van der Waals surface area contributed by atoms with Gasteiger partial charge in [0.25, 0.3) is 0 Å². The number of rotatable bonds is 7. The Hall–Kier alpha value is -1.22. The molecule has 1 N–H and O–H groups in total. The first-order chi connectivity index (χ1) is 7.77. The van der Waals surface area contributed by atoms with Gasteiger partial charge in [0.1, 0.15) is 5.75 Å². The standard InChI is InChI=1S/C13H21NO2/c1-3-14(9-6-10-16-4-2)12-7-5-8-13(15)11-12/h5,7-8,11,15H,3-4,6,9-10H2,1-2H3. The molecule has 1 aromatic rings. The van der Waals surface area contributed by atoms with Crippen LogP contribution in [0.3, 0.4) is 0 Å². The molecule has 0 saturated carbocycles. The number of phenols is 1. The number of nitrogens with zero attached hydrogens (tertiary/aromatic N) is 1. The van der Waals surface area contributed by atoms with Crippen molar-refractivity contribution in [2.45, 2.75) is 20.3 Å². The summed E-state index contributed by atoms with van der Waals surface area (Å²) in [7, 11) is 0. The van der Waals surface area contributed by atoms with Crippen LogP contribution in [-0.4, -0.2) is 31.4 Å². The average molecular weight is 223 g/mol. The molecule has 3 heteroatoms. The van der Waals surface area contributed by atoms with Gasteiger partial charge in [-0.3, -0.25) is 0 Å². The first-order valence-electron chi connectivity index (χ1n) is 5.89. The van der Waals surface area contributed by atoms with Crippen molar-refractivity contribution < 1.29 is 9.84 Å². The Morgan fingerprint density at radius 2 is 2.12 bits per heavy atom. The van der Waals surface area contributed by atoms with Gasteiger partial charge >= 0.3 is 0 Å². The molecule has 90 valence electrons. The lowest BCUT2D eigenvalue weighted by atomic mass is 10.2. The monoisotopic (exact) mass is 223 g/mol. The van der Waals surface area contributed by atoms with Gasteiger partial charge in [-0.05, 0) is 32.4 Å². The van der Waals surface area contributed by atoms with E-state index in [-0.39, 0.29) is 0 Å². The Balaban J connectivity index is 2.47. The summed E-state index contributed by atoms with van der Waals surface area (Å²) in [5.41, 5.74) is 1.07. The van der Waals surface area contributed by atoms with E-state index in [1.54, 1.807) is 12.1 Å². The molecule has 0 saturated heterocycles. The fourth-order valence-corrected chi connectivity index (χ4v) is 1.66. The summed E-state index contributed by atoms with van der Waals surface area (Å²) in [6, 6.07) is 7.38. The van der Waals surface area contributed by atoms with Crippen molar-refractivity contribution in [2.24, 2.45) is 0 Å². The summed E-state index contributed by atoms with van der Waals surface area (Å²) in [6.45, 7) is 7.59. The van der Waals surface area contributed by atoms with E-state index < -0.39 is 0 Å². The van der Waals surface area contributed by atoms with Gasteiger partial charge in [0, 0.05) is 38.1 Å². The summed E-state index contributed by atoms with van der Waals surface area (Å²) >= 11 is 0. The lowest BCUT2D eigenvalue weighted by molar-refractivity contribution is 0.146. The molecule has 0 aromatic heterocycles. The molecule has 0 aliphatic carbocycles. The topological polar surface area (TPSA) is 32.7 Å². The van der Waals surface area contributed by atoms with Crippen LogP contribution in [0.2, 0.25) is 0 Å². The number of benzene rings is 1. The zero-order chi connectivity index (χ0) is 11.8. The molecule has 3 nitrogen and oxygen atoms in total. The smallest absolute Gasteiger partial charge is 0.117 e. The van der Waals surface area contributed by atoms with Crippen LogP contribution in [0.1, 0.15) is 20.3 Å². The predicted octanol–water partition coefficient (Wildman–Crippen LogP) is 2.65. The number of aromatic hydroxyl groups is 1. The fourth-order valence-electron chi connectivity index (χ4n) is 1.66. The number of phenolic OH excluding ortho intramolecular Hbond substituents is 1. The number of anilines is 1. The van der Waals surface area contributed by atoms with Crippen LogP contribution >= 0.6 is 0 Å². The predicted molar refractivity (Wildman–Crippen MR) is 67.1 cm³/mol. The molecule has 0 heterocycles. The molecule has 1 rings (SSSR count). The van der Waals surface area contributed by atoms with Crippen molar-refractivity contribution in [3.8, 4) is 5.75 Å². The van der Waals surface area contributed by atoms with Gasteiger partial charge in [-0.2, -0.15) is 0 Å². The highest BCUT2D eigenvalue weighted by Crippen LogP contribution is 2.19. The third kappa shape index (κ3) is 4.11. The average Bonchev–Trinajstić information content (AvgIpc) is 2.29. The minimum absolute atomic E-state index is 0.320. The first-order valence-corrected chi connectivity index (χ1v) is 5.89. The van der Waals surface area contributed by atoms with E-state index >= 15 is 0 Å². The van der Waals surface area contributed by atoms with E-state index in [9.17, 15) is 5.11 Å². The van der Waals surface area contributed by atoms with Gasteiger partial charge < -0.3 is 14.7 Å². The van der Waals surface area contributed by atoms with Gasteiger partial charge in [0.2, 0.25) is 0 Å². The first kappa shape index (κ1) is 12.8. The molecule has 0 aliphatic rings. The molecule has 0 aliphatic heterocycles. The molecule has 0 bridgehead atoms. The number of ether oxygens (including phenoxy) is 1. The van der Waals surface area contributed by atoms with Crippen LogP contribution in [0.5, 0.6) is 5.75 Å². The van der Waals surface area contributed by atoms with Crippen LogP contribution in [0.15, 0.2) is 24.3 Å². The molecule has 0 atom stereocenters. The minimum Gasteiger partial charge on any atom is -0.508 e. The van der Waals surface area contributed by atoms with Gasteiger partial charge in [0.05, 0.1) is 0 Å². The number of hydrogen-bond acceptors (Lipinski definition) is 3. The highest BCUT2D eigenvalue weighted by molar-refractivity contribution is 5.50. The highest BCUT2D eigenvalue weighted by Gasteiger charge is 2.04. The fraction of sp³-hybridized carbons (Fsp3) is 0.538. The SMILES string of the molecule is CCOCCCN(CC)c1cccc(O)c1. The summed E-state index contributed by atoms with van der Waals surface area (Å²) in [5.74, 6) is 0.320. The lowest BCUT2D eigenvalue weighted by Gasteiger charge is -2.23. The van der Waals surface area contributed by atoms with Gasteiger partial charge in [-0.25, -0.2) is 0 Å². The largest absolute Gasteiger partial charge is 0.508 e. The van der Waals surface area contributed by atoms with Crippen molar-refractivity contribution in [1.82, 2.24) is 0 Å². The molecule has 0 spiro atoms. The van der Waals surface area contributed by atoms with Gasteiger partial charge in [-0.1, -0.05) is 6.07 Å². The van der Waals surface area contributed by atoms with Gasteiger partial charge in [-0.15, -0.1) is 0 Å². The molecule has 0 fully saturated rings. The molecule has 1 aromatic carbocycles. The van der Waals surface area contributed by atoms with Crippen molar-refractivity contribution in [3.05, 3.63) is 24.3 Å².